The van der Waals surface area contributed by atoms with Gasteiger partial charge in [0, 0.05) is 12.1 Å². The number of aromatic nitrogens is 1. The molecule has 2 heterocycles. The quantitative estimate of drug-likeness (QED) is 0.209. The van der Waals surface area contributed by atoms with Crippen molar-refractivity contribution in [3.8, 4) is 16.9 Å². The van der Waals surface area contributed by atoms with E-state index in [2.05, 4.69) is 15.0 Å². The molecule has 1 saturated heterocycles. The van der Waals surface area contributed by atoms with Gasteiger partial charge in [-0.25, -0.2) is 27.0 Å². The maximum atomic E-state index is 13.7. The van der Waals surface area contributed by atoms with E-state index in [0.29, 0.717) is 21.3 Å². The van der Waals surface area contributed by atoms with E-state index < -0.39 is 66.8 Å². The van der Waals surface area contributed by atoms with Gasteiger partial charge in [0.15, 0.2) is 15.1 Å². The Hall–Kier alpha value is -4.10. The number of hydrogen-bond acceptors (Lipinski definition) is 10. The minimum absolute atomic E-state index is 0.0664. The van der Waals surface area contributed by atoms with Crippen molar-refractivity contribution >= 4 is 53.2 Å². The minimum Gasteiger partial charge on any atom is -0.406 e. The molecule has 0 saturated carbocycles. The summed E-state index contributed by atoms with van der Waals surface area (Å²) in [5, 5.41) is 15.2. The first kappa shape index (κ1) is 35.2. The number of nitrogens with two attached hydrogens (primary N) is 1. The lowest BCUT2D eigenvalue weighted by molar-refractivity contribution is -0.274. The van der Waals surface area contributed by atoms with Crippen molar-refractivity contribution in [2.75, 3.05) is 25.4 Å². The smallest absolute Gasteiger partial charge is 0.406 e. The lowest BCUT2D eigenvalue weighted by Crippen LogP contribution is -2.61. The Kier molecular flexibility index (Phi) is 9.59. The number of fused-ring (bicyclic) bond motifs is 1. The van der Waals surface area contributed by atoms with Crippen LogP contribution in [0.15, 0.2) is 66.7 Å². The van der Waals surface area contributed by atoms with Crippen molar-refractivity contribution in [1.82, 2.24) is 15.2 Å². The van der Waals surface area contributed by atoms with Crippen LogP contribution in [-0.4, -0.2) is 81.0 Å². The van der Waals surface area contributed by atoms with Crippen LogP contribution in [0, 0.1) is 0 Å². The average Bonchev–Trinajstić information content (AvgIpc) is 3.37. The second-order valence-corrected chi connectivity index (χ2v) is 16.4. The zero-order valence-electron chi connectivity index (χ0n) is 25.1. The van der Waals surface area contributed by atoms with E-state index in [4.69, 9.17) is 5.14 Å². The molecule has 4 N–H and O–H groups in total. The second-order valence-electron chi connectivity index (χ2n) is 11.5. The molecule has 0 aliphatic carbocycles. The predicted octanol–water partition coefficient (Wildman–Crippen LogP) is 3.13. The van der Waals surface area contributed by atoms with Crippen LogP contribution in [0.25, 0.3) is 21.3 Å². The number of nitrogens with zero attached hydrogens (tertiary/aromatic N) is 2. The Bertz CT molecular complexity index is 2060. The first-order chi connectivity index (χ1) is 22.3. The highest BCUT2D eigenvalue weighted by molar-refractivity contribution is 7.91. The summed E-state index contributed by atoms with van der Waals surface area (Å²) in [4.78, 5) is 31.9. The molecule has 3 aromatic carbocycles. The van der Waals surface area contributed by atoms with Crippen LogP contribution in [0.5, 0.6) is 5.75 Å². The van der Waals surface area contributed by atoms with Gasteiger partial charge in [-0.1, -0.05) is 30.3 Å². The molecule has 1 atom stereocenters. The number of hydrogen-bond donors (Lipinski definition) is 3. The maximum Gasteiger partial charge on any atom is 0.573 e. The molecule has 0 radical (unpaired) electrons. The number of alkyl halides is 3. The summed E-state index contributed by atoms with van der Waals surface area (Å²) < 4.78 is 92.1. The Labute approximate surface area is 277 Å². The van der Waals surface area contributed by atoms with Crippen molar-refractivity contribution < 1.29 is 49.4 Å². The van der Waals surface area contributed by atoms with Crippen LogP contribution in [0.4, 0.5) is 13.2 Å². The first-order valence-electron chi connectivity index (χ1n) is 14.2. The third-order valence-electron chi connectivity index (χ3n) is 7.25. The van der Waals surface area contributed by atoms with E-state index in [1.807, 2.05) is 0 Å². The van der Waals surface area contributed by atoms with Crippen molar-refractivity contribution in [1.29, 1.82) is 0 Å². The molecule has 5 rings (SSSR count). The number of nitrogens with one attached hydrogen (secondary N) is 1. The van der Waals surface area contributed by atoms with Gasteiger partial charge in [0.25, 0.3) is 5.91 Å². The van der Waals surface area contributed by atoms with Crippen molar-refractivity contribution in [2.24, 2.45) is 5.14 Å². The van der Waals surface area contributed by atoms with Crippen LogP contribution >= 0.6 is 11.3 Å². The molecule has 0 spiro atoms. The largest absolute Gasteiger partial charge is 0.573 e. The van der Waals surface area contributed by atoms with E-state index in [1.54, 1.807) is 49.4 Å². The van der Waals surface area contributed by atoms with Crippen molar-refractivity contribution in [3.63, 3.8) is 0 Å². The fraction of sp³-hybridized carbons (Fsp3) is 0.300. The van der Waals surface area contributed by atoms with Crippen LogP contribution in [0.1, 0.15) is 33.1 Å². The third-order valence-corrected chi connectivity index (χ3v) is 11.1. The van der Waals surface area contributed by atoms with Gasteiger partial charge < -0.3 is 20.1 Å². The number of amides is 2. The van der Waals surface area contributed by atoms with E-state index in [-0.39, 0.29) is 29.6 Å². The molecular formula is C30H29F3N4O8S3. The van der Waals surface area contributed by atoms with Gasteiger partial charge in [-0.05, 0) is 60.0 Å². The number of sulfone groups is 1. The molecule has 256 valence electrons. The molecule has 12 nitrogen and oxygen atoms in total. The van der Waals surface area contributed by atoms with Gasteiger partial charge in [-0.3, -0.25) is 9.59 Å². The molecule has 1 fully saturated rings. The van der Waals surface area contributed by atoms with Gasteiger partial charge in [-0.2, -0.15) is 0 Å². The lowest BCUT2D eigenvalue weighted by atomic mass is 9.95. The number of halogens is 3. The number of likely N-dealkylation sites (tertiary alicyclic amines) is 1. The first-order valence-corrected chi connectivity index (χ1v) is 18.4. The summed E-state index contributed by atoms with van der Waals surface area (Å²) in [6.45, 7) is 1.65. The predicted molar refractivity (Wildman–Crippen MR) is 171 cm³/mol. The second kappa shape index (κ2) is 13.1. The molecule has 4 aromatic rings. The zero-order valence-corrected chi connectivity index (χ0v) is 27.5. The fourth-order valence-electron chi connectivity index (χ4n) is 5.08. The average molecular weight is 727 g/mol. The summed E-state index contributed by atoms with van der Waals surface area (Å²) in [5.74, 6) is -3.24. The van der Waals surface area contributed by atoms with Crippen LogP contribution < -0.4 is 15.2 Å². The number of rotatable bonds is 11. The van der Waals surface area contributed by atoms with Crippen LogP contribution in [0.2, 0.25) is 0 Å². The number of primary sulfonamides is 1. The van der Waals surface area contributed by atoms with E-state index in [1.165, 1.54) is 4.90 Å². The Morgan fingerprint density at radius 1 is 1.04 bits per heavy atom. The summed E-state index contributed by atoms with van der Waals surface area (Å²) >= 11 is 0.927. The van der Waals surface area contributed by atoms with Crippen molar-refractivity contribution in [3.05, 3.63) is 82.9 Å². The lowest BCUT2D eigenvalue weighted by Gasteiger charge is -2.44. The van der Waals surface area contributed by atoms with Gasteiger partial charge in [0.05, 0.1) is 40.4 Å². The third kappa shape index (κ3) is 8.67. The molecular weight excluding hydrogens is 698 g/mol. The summed E-state index contributed by atoms with van der Waals surface area (Å²) in [7, 11) is -8.41. The summed E-state index contributed by atoms with van der Waals surface area (Å²) in [5.41, 5.74) is 1.44. The van der Waals surface area contributed by atoms with Gasteiger partial charge in [-0.15, -0.1) is 24.5 Å². The molecule has 48 heavy (non-hydrogen) atoms. The molecule has 1 unspecified atom stereocenters. The van der Waals surface area contributed by atoms with Crippen LogP contribution in [0.3, 0.4) is 0 Å². The highest BCUT2D eigenvalue weighted by atomic mass is 32.2. The topological polar surface area (TPSA) is 186 Å². The summed E-state index contributed by atoms with van der Waals surface area (Å²) in [6, 6.07) is 16.0. The van der Waals surface area contributed by atoms with Crippen LogP contribution in [-0.2, 0) is 30.4 Å². The molecule has 1 aliphatic rings. The number of thiazole rings is 1. The highest BCUT2D eigenvalue weighted by Crippen LogP contribution is 2.35. The Morgan fingerprint density at radius 2 is 1.67 bits per heavy atom. The van der Waals surface area contributed by atoms with Gasteiger partial charge >= 0.3 is 6.36 Å². The molecule has 18 heteroatoms. The van der Waals surface area contributed by atoms with Crippen molar-refractivity contribution in [2.45, 2.75) is 29.9 Å². The standard InChI is InChI=1S/C30H29F3N4O8S3/c1-29(40)16-37(17-29)28(39)20-6-4-19(5-7-20)21-8-11-23-24(14-21)46-27(36-23)25(26(38)35-12-13-48(34,43)44)47(41,42)15-18-2-9-22(10-3-18)45-30(31,32)33/h2-11,14,25,40H,12-13,15-17H2,1H3,(H,35,38)(H2,34,43,44). The van der Waals surface area contributed by atoms with Gasteiger partial charge in [0.1, 0.15) is 10.8 Å². The normalized spacial score (nSPS) is 15.5. The zero-order chi connectivity index (χ0) is 35.1. The SMILES string of the molecule is CC1(O)CN(C(=O)c2ccc(-c3ccc4nc(C(C(=O)NCCS(N)(=O)=O)S(=O)(=O)Cc5ccc(OC(F)(F)F)cc5)sc4c3)cc2)C1. The number of aliphatic hydroxyl groups is 1. The number of ether oxygens (including phenoxy) is 1. The number of carbonyl (C=O) groups excluding carboxylic acids is 2. The van der Waals surface area contributed by atoms with E-state index in [0.717, 1.165) is 41.2 Å². The number of sulfonamides is 1. The minimum atomic E-state index is -4.94. The highest BCUT2D eigenvalue weighted by Gasteiger charge is 2.40. The van der Waals surface area contributed by atoms with E-state index in [9.17, 15) is 44.7 Å². The summed E-state index contributed by atoms with van der Waals surface area (Å²) in [6.07, 6.45) is -4.94. The number of carbonyl (C=O) groups is 2. The molecule has 2 amide bonds. The number of benzene rings is 3. The maximum absolute atomic E-state index is 13.7. The molecule has 0 bridgehead atoms. The monoisotopic (exact) mass is 726 g/mol. The van der Waals surface area contributed by atoms with E-state index >= 15 is 0 Å². The molecule has 1 aromatic heterocycles. The Balaban J connectivity index is 1.41. The fourth-order valence-corrected chi connectivity index (χ4v) is 8.63. The number of β-amino-alcohol motifs (C(OH)–C–C–N with tert-alkyl or cyclic N) is 1. The molecule has 1 aliphatic heterocycles. The van der Waals surface area contributed by atoms with Gasteiger partial charge in [0.2, 0.25) is 15.9 Å². The Morgan fingerprint density at radius 3 is 2.25 bits per heavy atom.